The maximum atomic E-state index is 12.8. The lowest BCUT2D eigenvalue weighted by molar-refractivity contribution is -0.0710. The Labute approximate surface area is 108 Å². The van der Waals surface area contributed by atoms with Crippen LogP contribution < -0.4 is 5.32 Å². The van der Waals surface area contributed by atoms with Crippen LogP contribution >= 0.6 is 0 Å². The van der Waals surface area contributed by atoms with Crippen molar-refractivity contribution < 1.29 is 9.13 Å². The Hall–Kier alpha value is -1.00. The molecule has 1 aliphatic carbocycles. The fraction of sp³-hybridized carbons (Fsp3) is 0.643. The number of hydrogen-bond acceptors (Lipinski definition) is 3. The molecular weight excluding hydrogens is 231 g/mol. The molecule has 1 saturated carbocycles. The van der Waals surface area contributed by atoms with Crippen LogP contribution in [-0.4, -0.2) is 24.2 Å². The van der Waals surface area contributed by atoms with Gasteiger partial charge in [0.1, 0.15) is 5.82 Å². The van der Waals surface area contributed by atoms with Crippen LogP contribution in [0.4, 0.5) is 4.39 Å². The van der Waals surface area contributed by atoms with Crippen LogP contribution in [0.3, 0.4) is 0 Å². The van der Waals surface area contributed by atoms with Gasteiger partial charge in [0, 0.05) is 19.7 Å². The largest absolute Gasteiger partial charge is 0.377 e. The van der Waals surface area contributed by atoms with Gasteiger partial charge in [0.15, 0.2) is 0 Å². The lowest BCUT2D eigenvalue weighted by atomic mass is 9.79. The summed E-state index contributed by atoms with van der Waals surface area (Å²) in [7, 11) is 1.78. The van der Waals surface area contributed by atoms with Crippen molar-refractivity contribution in [1.29, 1.82) is 0 Å². The van der Waals surface area contributed by atoms with Gasteiger partial charge >= 0.3 is 0 Å². The van der Waals surface area contributed by atoms with Crippen molar-refractivity contribution in [3.05, 3.63) is 29.8 Å². The molecule has 3 nitrogen and oxygen atoms in total. The molecule has 1 aliphatic rings. The number of nitrogens with zero attached hydrogens (tertiary/aromatic N) is 1. The number of pyridine rings is 1. The van der Waals surface area contributed by atoms with E-state index in [0.29, 0.717) is 0 Å². The van der Waals surface area contributed by atoms with Gasteiger partial charge in [-0.2, -0.15) is 0 Å². The van der Waals surface area contributed by atoms with Crippen LogP contribution in [0.1, 0.15) is 44.3 Å². The monoisotopic (exact) mass is 252 g/mol. The minimum absolute atomic E-state index is 0.00739. The summed E-state index contributed by atoms with van der Waals surface area (Å²) in [5.41, 5.74) is 0.900. The molecule has 1 unspecified atom stereocenters. The molecule has 0 amide bonds. The van der Waals surface area contributed by atoms with E-state index in [-0.39, 0.29) is 17.5 Å². The molecule has 0 spiro atoms. The predicted octanol–water partition coefficient (Wildman–Crippen LogP) is 2.83. The molecule has 1 aromatic heterocycles. The molecule has 18 heavy (non-hydrogen) atoms. The van der Waals surface area contributed by atoms with Crippen molar-refractivity contribution in [2.75, 3.05) is 13.7 Å². The standard InChI is InChI=1S/C14H21FN2O/c1-3-12(13-6-5-11(15)9-16-13)17-10-14(18-2)7-4-8-14/h5-6,9,12,17H,3-4,7-8,10H2,1-2H3. The van der Waals surface area contributed by atoms with Crippen LogP contribution in [0.2, 0.25) is 0 Å². The summed E-state index contributed by atoms with van der Waals surface area (Å²) in [6.07, 6.45) is 5.67. The van der Waals surface area contributed by atoms with E-state index in [9.17, 15) is 4.39 Å². The molecule has 0 bridgehead atoms. The number of hydrogen-bond donors (Lipinski definition) is 1. The van der Waals surface area contributed by atoms with E-state index in [0.717, 1.165) is 31.5 Å². The Morgan fingerprint density at radius 1 is 1.50 bits per heavy atom. The van der Waals surface area contributed by atoms with Crippen molar-refractivity contribution in [3.8, 4) is 0 Å². The lowest BCUT2D eigenvalue weighted by Crippen LogP contribution is -2.48. The SMILES string of the molecule is CCC(NCC1(OC)CCC1)c1ccc(F)cn1. The molecular formula is C14H21FN2O. The van der Waals surface area contributed by atoms with Gasteiger partial charge in [-0.15, -0.1) is 0 Å². The number of nitrogens with one attached hydrogen (secondary N) is 1. The topological polar surface area (TPSA) is 34.1 Å². The highest BCUT2D eigenvalue weighted by atomic mass is 19.1. The van der Waals surface area contributed by atoms with E-state index in [4.69, 9.17) is 4.74 Å². The molecule has 1 fully saturated rings. The van der Waals surface area contributed by atoms with E-state index in [1.54, 1.807) is 13.2 Å². The Balaban J connectivity index is 1.95. The normalized spacial score (nSPS) is 19.3. The third-order valence-electron chi connectivity index (χ3n) is 3.88. The molecule has 1 N–H and O–H groups in total. The first-order valence-electron chi connectivity index (χ1n) is 6.59. The quantitative estimate of drug-likeness (QED) is 0.845. The van der Waals surface area contributed by atoms with Crippen molar-refractivity contribution in [2.24, 2.45) is 0 Å². The van der Waals surface area contributed by atoms with Crippen LogP contribution in [0.15, 0.2) is 18.3 Å². The highest BCUT2D eigenvalue weighted by Crippen LogP contribution is 2.34. The second-order valence-electron chi connectivity index (χ2n) is 4.98. The Kier molecular flexibility index (Phi) is 4.30. The molecule has 0 aromatic carbocycles. The van der Waals surface area contributed by atoms with E-state index in [2.05, 4.69) is 17.2 Å². The molecule has 0 radical (unpaired) electrons. The number of halogens is 1. The molecule has 1 heterocycles. The maximum Gasteiger partial charge on any atom is 0.141 e. The first-order valence-corrected chi connectivity index (χ1v) is 6.59. The average molecular weight is 252 g/mol. The number of rotatable bonds is 6. The Morgan fingerprint density at radius 3 is 2.72 bits per heavy atom. The zero-order chi connectivity index (χ0) is 13.0. The average Bonchev–Trinajstić information content (AvgIpc) is 2.35. The smallest absolute Gasteiger partial charge is 0.141 e. The van der Waals surface area contributed by atoms with Gasteiger partial charge in [-0.05, 0) is 37.8 Å². The van der Waals surface area contributed by atoms with Crippen molar-refractivity contribution >= 4 is 0 Å². The van der Waals surface area contributed by atoms with Crippen molar-refractivity contribution in [1.82, 2.24) is 10.3 Å². The summed E-state index contributed by atoms with van der Waals surface area (Å²) in [6, 6.07) is 3.37. The van der Waals surface area contributed by atoms with Gasteiger partial charge in [0.25, 0.3) is 0 Å². The summed E-state index contributed by atoms with van der Waals surface area (Å²) in [5, 5.41) is 3.49. The second-order valence-corrected chi connectivity index (χ2v) is 4.98. The van der Waals surface area contributed by atoms with Crippen LogP contribution in [0.25, 0.3) is 0 Å². The number of ether oxygens (including phenoxy) is 1. The van der Waals surface area contributed by atoms with Crippen molar-refractivity contribution in [2.45, 2.75) is 44.2 Å². The van der Waals surface area contributed by atoms with E-state index in [1.807, 2.05) is 0 Å². The molecule has 0 aliphatic heterocycles. The zero-order valence-electron chi connectivity index (χ0n) is 11.1. The van der Waals surface area contributed by atoms with Gasteiger partial charge in [-0.25, -0.2) is 4.39 Å². The summed E-state index contributed by atoms with van der Waals surface area (Å²) in [5.74, 6) is -0.291. The summed E-state index contributed by atoms with van der Waals surface area (Å²) in [4.78, 5) is 4.14. The first kappa shape index (κ1) is 13.4. The maximum absolute atomic E-state index is 12.8. The Bertz CT molecular complexity index is 370. The van der Waals surface area contributed by atoms with Gasteiger partial charge < -0.3 is 10.1 Å². The lowest BCUT2D eigenvalue weighted by Gasteiger charge is -2.41. The van der Waals surface area contributed by atoms with Crippen LogP contribution in [0, 0.1) is 5.82 Å². The third-order valence-corrected chi connectivity index (χ3v) is 3.88. The minimum Gasteiger partial charge on any atom is -0.377 e. The molecule has 100 valence electrons. The summed E-state index contributed by atoms with van der Waals surface area (Å²) >= 11 is 0. The second kappa shape index (κ2) is 5.76. The first-order chi connectivity index (χ1) is 8.69. The molecule has 1 atom stereocenters. The van der Waals surface area contributed by atoms with Gasteiger partial charge in [-0.1, -0.05) is 6.92 Å². The van der Waals surface area contributed by atoms with Crippen molar-refractivity contribution in [3.63, 3.8) is 0 Å². The zero-order valence-corrected chi connectivity index (χ0v) is 11.1. The fourth-order valence-corrected chi connectivity index (χ4v) is 2.38. The summed E-state index contributed by atoms with van der Waals surface area (Å²) in [6.45, 7) is 2.93. The Morgan fingerprint density at radius 2 is 2.28 bits per heavy atom. The van der Waals surface area contributed by atoms with E-state index < -0.39 is 0 Å². The highest BCUT2D eigenvalue weighted by molar-refractivity contribution is 5.10. The minimum atomic E-state index is -0.291. The molecule has 2 rings (SSSR count). The van der Waals surface area contributed by atoms with Gasteiger partial charge in [0.05, 0.1) is 17.5 Å². The number of aromatic nitrogens is 1. The van der Waals surface area contributed by atoms with Gasteiger partial charge in [0.2, 0.25) is 0 Å². The predicted molar refractivity (Wildman–Crippen MR) is 68.8 cm³/mol. The third kappa shape index (κ3) is 2.87. The van der Waals surface area contributed by atoms with Gasteiger partial charge in [-0.3, -0.25) is 4.98 Å². The molecule has 4 heteroatoms. The van der Waals surface area contributed by atoms with E-state index in [1.165, 1.54) is 18.7 Å². The fourth-order valence-electron chi connectivity index (χ4n) is 2.38. The summed E-state index contributed by atoms with van der Waals surface area (Å²) < 4.78 is 18.4. The molecule has 1 aromatic rings. The van der Waals surface area contributed by atoms with E-state index >= 15 is 0 Å². The molecule has 0 saturated heterocycles. The number of methoxy groups -OCH3 is 1. The van der Waals surface area contributed by atoms with Crippen LogP contribution in [0.5, 0.6) is 0 Å². The van der Waals surface area contributed by atoms with Crippen LogP contribution in [-0.2, 0) is 4.74 Å². The highest BCUT2D eigenvalue weighted by Gasteiger charge is 2.37.